The fourth-order valence-electron chi connectivity index (χ4n) is 4.41. The molecule has 2 aromatic rings. The zero-order valence-corrected chi connectivity index (χ0v) is 16.2. The minimum absolute atomic E-state index is 0.107. The maximum Gasteiger partial charge on any atom is 0.251 e. The van der Waals surface area contributed by atoms with Crippen molar-refractivity contribution in [3.63, 3.8) is 0 Å². The Morgan fingerprint density at radius 2 is 1.96 bits per heavy atom. The van der Waals surface area contributed by atoms with Crippen molar-refractivity contribution in [1.29, 1.82) is 0 Å². The van der Waals surface area contributed by atoms with E-state index in [0.717, 1.165) is 18.7 Å². The van der Waals surface area contributed by atoms with Crippen molar-refractivity contribution in [2.75, 3.05) is 6.54 Å². The molecule has 0 bridgehead atoms. The second-order valence-corrected chi connectivity index (χ2v) is 7.97. The molecule has 1 aliphatic carbocycles. The minimum Gasteiger partial charge on any atom is -0.347 e. The van der Waals surface area contributed by atoms with Gasteiger partial charge in [0.15, 0.2) is 5.82 Å². The number of hydrogen-bond donors (Lipinski definition) is 2. The molecule has 4 rings (SSSR count). The van der Waals surface area contributed by atoms with Gasteiger partial charge < -0.3 is 10.2 Å². The third-order valence-electron chi connectivity index (χ3n) is 5.84. The molecule has 148 valence electrons. The summed E-state index contributed by atoms with van der Waals surface area (Å²) in [4.78, 5) is 31.9. The average Bonchev–Trinajstić information content (AvgIpc) is 3.43. The van der Waals surface area contributed by atoms with E-state index in [1.54, 1.807) is 12.1 Å². The first-order chi connectivity index (χ1) is 13.6. The molecule has 1 aromatic carbocycles. The number of rotatable bonds is 5. The number of nitrogens with one attached hydrogen (secondary N) is 2. The van der Waals surface area contributed by atoms with Gasteiger partial charge >= 0.3 is 0 Å². The van der Waals surface area contributed by atoms with Crippen LogP contribution < -0.4 is 5.32 Å². The van der Waals surface area contributed by atoms with Crippen LogP contribution >= 0.6 is 0 Å². The Morgan fingerprint density at radius 3 is 2.64 bits per heavy atom. The van der Waals surface area contributed by atoms with Crippen LogP contribution in [0.3, 0.4) is 0 Å². The molecule has 2 aliphatic rings. The van der Waals surface area contributed by atoms with E-state index in [1.165, 1.54) is 12.8 Å². The molecule has 2 N–H and O–H groups in total. The number of likely N-dealkylation sites (tertiary alicyclic amines) is 1. The molecule has 0 radical (unpaired) electrons. The van der Waals surface area contributed by atoms with Crippen LogP contribution in [0.15, 0.2) is 30.3 Å². The van der Waals surface area contributed by atoms with Gasteiger partial charge in [-0.1, -0.05) is 31.0 Å². The molecule has 1 saturated carbocycles. The van der Waals surface area contributed by atoms with Crippen molar-refractivity contribution in [2.45, 2.75) is 57.5 Å². The van der Waals surface area contributed by atoms with Gasteiger partial charge in [-0.15, -0.1) is 0 Å². The number of carbonyl (C=O) groups is 2. The van der Waals surface area contributed by atoms with Crippen molar-refractivity contribution in [3.8, 4) is 0 Å². The molecule has 1 aliphatic heterocycles. The number of aromatic amines is 1. The average molecular weight is 381 g/mol. The molecule has 2 fully saturated rings. The van der Waals surface area contributed by atoms with E-state index < -0.39 is 0 Å². The van der Waals surface area contributed by atoms with Crippen molar-refractivity contribution in [2.24, 2.45) is 5.92 Å². The van der Waals surface area contributed by atoms with E-state index in [0.29, 0.717) is 36.7 Å². The van der Waals surface area contributed by atoms with Crippen LogP contribution in [0.5, 0.6) is 0 Å². The van der Waals surface area contributed by atoms with Crippen molar-refractivity contribution >= 4 is 11.8 Å². The summed E-state index contributed by atoms with van der Waals surface area (Å²) in [5, 5.41) is 10.2. The molecule has 7 heteroatoms. The first-order valence-corrected chi connectivity index (χ1v) is 10.1. The number of carbonyl (C=O) groups excluding carboxylic acids is 2. The Kier molecular flexibility index (Phi) is 5.41. The van der Waals surface area contributed by atoms with E-state index in [1.807, 2.05) is 30.0 Å². The Hall–Kier alpha value is -2.70. The third kappa shape index (κ3) is 4.08. The van der Waals surface area contributed by atoms with Crippen LogP contribution in [-0.4, -0.2) is 44.5 Å². The van der Waals surface area contributed by atoms with Crippen molar-refractivity contribution in [1.82, 2.24) is 25.4 Å². The summed E-state index contributed by atoms with van der Waals surface area (Å²) in [6, 6.07) is 8.87. The Bertz CT molecular complexity index is 828. The predicted octanol–water partition coefficient (Wildman–Crippen LogP) is 2.77. The normalized spacial score (nSPS) is 22.5. The van der Waals surface area contributed by atoms with Crippen LogP contribution in [-0.2, 0) is 4.79 Å². The number of amides is 2. The summed E-state index contributed by atoms with van der Waals surface area (Å²) in [5.74, 6) is 1.89. The number of nitrogens with zero attached hydrogens (tertiary/aromatic N) is 3. The number of H-pyrrole nitrogens is 1. The molecular weight excluding hydrogens is 354 g/mol. The summed E-state index contributed by atoms with van der Waals surface area (Å²) in [5.41, 5.74) is 0.628. The lowest BCUT2D eigenvalue weighted by molar-refractivity contribution is -0.133. The monoisotopic (exact) mass is 381 g/mol. The largest absolute Gasteiger partial charge is 0.347 e. The smallest absolute Gasteiger partial charge is 0.251 e. The van der Waals surface area contributed by atoms with Crippen LogP contribution in [0.1, 0.15) is 66.6 Å². The first kappa shape index (κ1) is 18.7. The Morgan fingerprint density at radius 1 is 1.21 bits per heavy atom. The van der Waals surface area contributed by atoms with E-state index in [4.69, 9.17) is 0 Å². The maximum atomic E-state index is 13.0. The van der Waals surface area contributed by atoms with Gasteiger partial charge in [-0.05, 0) is 44.2 Å². The molecule has 0 spiro atoms. The minimum atomic E-state index is -0.195. The highest BCUT2D eigenvalue weighted by atomic mass is 16.2. The predicted molar refractivity (Wildman–Crippen MR) is 104 cm³/mol. The van der Waals surface area contributed by atoms with E-state index in [9.17, 15) is 9.59 Å². The number of hydrogen-bond acceptors (Lipinski definition) is 4. The van der Waals surface area contributed by atoms with Gasteiger partial charge in [0.05, 0.1) is 6.04 Å². The fraction of sp³-hybridized carbons (Fsp3) is 0.524. The van der Waals surface area contributed by atoms with Crippen LogP contribution in [0.2, 0.25) is 0 Å². The molecule has 0 unspecified atom stereocenters. The molecule has 1 aromatic heterocycles. The number of benzene rings is 1. The van der Waals surface area contributed by atoms with E-state index in [-0.39, 0.29) is 23.9 Å². The van der Waals surface area contributed by atoms with Crippen LogP contribution in [0.25, 0.3) is 0 Å². The summed E-state index contributed by atoms with van der Waals surface area (Å²) >= 11 is 0. The fourth-order valence-corrected chi connectivity index (χ4v) is 4.41. The molecule has 2 heterocycles. The zero-order valence-electron chi connectivity index (χ0n) is 16.2. The van der Waals surface area contributed by atoms with E-state index in [2.05, 4.69) is 20.5 Å². The molecular formula is C21H27N5O2. The zero-order chi connectivity index (χ0) is 19.5. The Labute approximate surface area is 164 Å². The molecule has 2 atom stereocenters. The summed E-state index contributed by atoms with van der Waals surface area (Å²) < 4.78 is 0. The lowest BCUT2D eigenvalue weighted by atomic mass is 10.0. The van der Waals surface area contributed by atoms with Gasteiger partial charge in [-0.2, -0.15) is 5.10 Å². The summed E-state index contributed by atoms with van der Waals surface area (Å²) in [7, 11) is 0. The highest BCUT2D eigenvalue weighted by molar-refractivity contribution is 5.94. The highest BCUT2D eigenvalue weighted by Gasteiger charge is 2.39. The molecule has 28 heavy (non-hydrogen) atoms. The van der Waals surface area contributed by atoms with E-state index >= 15 is 0 Å². The second kappa shape index (κ2) is 8.12. The SMILES string of the molecule is Cc1nc([C@@H]2C[C@H](NC(=O)c3ccccc3)CN2C(=O)CC2CCCC2)n[nH]1. The maximum absolute atomic E-state index is 13.0. The molecule has 1 saturated heterocycles. The standard InChI is InChI=1S/C21H27N5O2/c1-14-22-20(25-24-14)18-12-17(23-21(28)16-9-3-2-4-10-16)13-26(18)19(27)11-15-7-5-6-8-15/h2-4,9-10,15,17-18H,5-8,11-13H2,1H3,(H,23,28)(H,22,24,25)/t17-,18-/m0/s1. The van der Waals surface area contributed by atoms with Crippen LogP contribution in [0.4, 0.5) is 0 Å². The highest BCUT2D eigenvalue weighted by Crippen LogP contribution is 2.34. The number of aromatic nitrogens is 3. The quantitative estimate of drug-likeness (QED) is 0.833. The van der Waals surface area contributed by atoms with Crippen molar-refractivity contribution in [3.05, 3.63) is 47.5 Å². The van der Waals surface area contributed by atoms with Crippen molar-refractivity contribution < 1.29 is 9.59 Å². The first-order valence-electron chi connectivity index (χ1n) is 10.1. The third-order valence-corrected chi connectivity index (χ3v) is 5.84. The molecule has 2 amide bonds. The van der Waals surface area contributed by atoms with Crippen LogP contribution in [0, 0.1) is 12.8 Å². The Balaban J connectivity index is 1.47. The van der Waals surface area contributed by atoms with Gasteiger partial charge in [0.1, 0.15) is 5.82 Å². The number of aryl methyl sites for hydroxylation is 1. The van der Waals surface area contributed by atoms with Gasteiger partial charge in [0.25, 0.3) is 5.91 Å². The summed E-state index contributed by atoms with van der Waals surface area (Å²) in [6.07, 6.45) is 5.93. The lowest BCUT2D eigenvalue weighted by Gasteiger charge is -2.24. The topological polar surface area (TPSA) is 91.0 Å². The molecule has 7 nitrogen and oxygen atoms in total. The van der Waals surface area contributed by atoms with Gasteiger partial charge in [-0.25, -0.2) is 4.98 Å². The summed E-state index contributed by atoms with van der Waals surface area (Å²) in [6.45, 7) is 2.35. The second-order valence-electron chi connectivity index (χ2n) is 7.97. The van der Waals surface area contributed by atoms with Gasteiger partial charge in [-0.3, -0.25) is 14.7 Å². The lowest BCUT2D eigenvalue weighted by Crippen LogP contribution is -2.39. The van der Waals surface area contributed by atoms with Gasteiger partial charge in [0, 0.05) is 24.6 Å². The van der Waals surface area contributed by atoms with Gasteiger partial charge in [0.2, 0.25) is 5.91 Å².